The molecule has 3 heterocycles. The largest absolute Gasteiger partial charge is 0.424 e. The Morgan fingerprint density at radius 2 is 2.03 bits per heavy atom. The van der Waals surface area contributed by atoms with Crippen molar-refractivity contribution in [3.8, 4) is 5.69 Å². The fraction of sp³-hybridized carbons (Fsp3) is 0.333. The Morgan fingerprint density at radius 3 is 2.85 bits per heavy atom. The highest BCUT2D eigenvalue weighted by Gasteiger charge is 2.33. The number of likely N-dealkylation sites (tertiary alicyclic amines) is 1. The molecule has 0 bridgehead atoms. The highest BCUT2D eigenvalue weighted by Crippen LogP contribution is 2.28. The quantitative estimate of drug-likeness (QED) is 0.459. The zero-order chi connectivity index (χ0) is 22.9. The molecule has 1 N–H and O–H groups in total. The van der Waals surface area contributed by atoms with Gasteiger partial charge in [-0.25, -0.2) is 0 Å². The Balaban J connectivity index is 1.40. The first kappa shape index (κ1) is 21.5. The lowest BCUT2D eigenvalue weighted by atomic mass is 9.90. The Labute approximate surface area is 196 Å². The monoisotopic (exact) mass is 464 g/mol. The van der Waals surface area contributed by atoms with Crippen molar-refractivity contribution in [3.63, 3.8) is 0 Å². The third-order valence-electron chi connectivity index (χ3n) is 6.21. The van der Waals surface area contributed by atoms with E-state index in [2.05, 4.69) is 27.4 Å². The molecule has 1 aliphatic rings. The number of rotatable bonds is 5. The molecule has 0 aliphatic carbocycles. The lowest BCUT2D eigenvalue weighted by Crippen LogP contribution is -2.51. The molecule has 0 spiro atoms. The molecule has 9 heteroatoms. The first-order valence-corrected chi connectivity index (χ1v) is 11.5. The Hall–Kier alpha value is -3.39. The molecule has 2 atom stereocenters. The number of oxazole rings is 1. The molecule has 2 aromatic heterocycles. The maximum atomic E-state index is 13.7. The smallest absolute Gasteiger partial charge is 0.295 e. The first-order valence-electron chi connectivity index (χ1n) is 11.1. The van der Waals surface area contributed by atoms with Crippen LogP contribution < -0.4 is 5.32 Å². The molecule has 33 heavy (non-hydrogen) atoms. The molecule has 4 aromatic rings. The number of hydrogen-bond donors (Lipinski definition) is 1. The molecule has 0 radical (unpaired) electrons. The average molecular weight is 465 g/mol. The fourth-order valence-corrected chi connectivity index (χ4v) is 4.62. The van der Waals surface area contributed by atoms with Crippen molar-refractivity contribution in [2.75, 3.05) is 18.4 Å². The average Bonchev–Trinajstić information content (AvgIpc) is 3.47. The molecular weight excluding hydrogens is 440 g/mol. The van der Waals surface area contributed by atoms with Crippen molar-refractivity contribution in [1.82, 2.24) is 24.9 Å². The summed E-state index contributed by atoms with van der Waals surface area (Å²) in [6, 6.07) is 11.5. The van der Waals surface area contributed by atoms with E-state index in [0.29, 0.717) is 46.9 Å². The van der Waals surface area contributed by atoms with E-state index in [-0.39, 0.29) is 11.9 Å². The van der Waals surface area contributed by atoms with Gasteiger partial charge < -0.3 is 14.6 Å². The van der Waals surface area contributed by atoms with Gasteiger partial charge in [0, 0.05) is 24.2 Å². The summed E-state index contributed by atoms with van der Waals surface area (Å²) in [6.45, 7) is 5.40. The van der Waals surface area contributed by atoms with Crippen LogP contribution in [0.2, 0.25) is 5.02 Å². The number of benzene rings is 2. The lowest BCUT2D eigenvalue weighted by molar-refractivity contribution is 0.0539. The van der Waals surface area contributed by atoms with Gasteiger partial charge in [0.2, 0.25) is 0 Å². The molecule has 1 aliphatic heterocycles. The second kappa shape index (κ2) is 8.86. The van der Waals surface area contributed by atoms with Crippen LogP contribution in [0.15, 0.2) is 53.2 Å². The second-order valence-electron chi connectivity index (χ2n) is 8.54. The van der Waals surface area contributed by atoms with E-state index in [1.165, 1.54) is 4.80 Å². The summed E-state index contributed by atoms with van der Waals surface area (Å²) in [7, 11) is 0. The van der Waals surface area contributed by atoms with Gasteiger partial charge >= 0.3 is 0 Å². The predicted octanol–water partition coefficient (Wildman–Crippen LogP) is 4.72. The molecule has 8 nitrogen and oxygen atoms in total. The van der Waals surface area contributed by atoms with Crippen molar-refractivity contribution in [2.24, 2.45) is 5.92 Å². The number of carbonyl (C=O) groups excluding carboxylic acids is 1. The molecular formula is C24H25ClN6O2. The Bertz CT molecular complexity index is 1290. The van der Waals surface area contributed by atoms with Crippen molar-refractivity contribution in [3.05, 3.63) is 64.9 Å². The van der Waals surface area contributed by atoms with Crippen LogP contribution >= 0.6 is 11.6 Å². The maximum absolute atomic E-state index is 13.7. The van der Waals surface area contributed by atoms with Crippen LogP contribution in [0.1, 0.15) is 35.7 Å². The summed E-state index contributed by atoms with van der Waals surface area (Å²) in [6.07, 6.45) is 5.24. The third kappa shape index (κ3) is 4.30. The van der Waals surface area contributed by atoms with Crippen molar-refractivity contribution in [2.45, 2.75) is 32.7 Å². The first-order chi connectivity index (χ1) is 16.0. The second-order valence-corrected chi connectivity index (χ2v) is 8.97. The lowest BCUT2D eigenvalue weighted by Gasteiger charge is -2.40. The number of halogens is 1. The van der Waals surface area contributed by atoms with Crippen molar-refractivity contribution in [1.29, 1.82) is 0 Å². The maximum Gasteiger partial charge on any atom is 0.295 e. The van der Waals surface area contributed by atoms with Crippen LogP contribution in [0, 0.1) is 12.8 Å². The fourth-order valence-electron chi connectivity index (χ4n) is 4.46. The van der Waals surface area contributed by atoms with E-state index in [1.54, 1.807) is 24.5 Å². The molecule has 1 saturated heterocycles. The van der Waals surface area contributed by atoms with Gasteiger partial charge in [0.05, 0.1) is 29.7 Å². The van der Waals surface area contributed by atoms with E-state index in [9.17, 15) is 4.79 Å². The number of piperidine rings is 1. The van der Waals surface area contributed by atoms with Crippen LogP contribution in [-0.4, -0.2) is 49.9 Å². The zero-order valence-corrected chi connectivity index (χ0v) is 19.3. The number of hydrogen-bond acceptors (Lipinski definition) is 6. The summed E-state index contributed by atoms with van der Waals surface area (Å²) in [5.74, 6) is 0.302. The Kier molecular flexibility index (Phi) is 5.76. The SMILES string of the molecule is Cc1ccc(C(=O)N2CCC[C@@H](C)[C@H]2CNc2nc3ccc(Cl)cc3o2)c(-n2nccn2)c1. The number of nitrogens with one attached hydrogen (secondary N) is 1. The standard InChI is InChI=1S/C24H25ClN6O2/c1-15-5-7-18(20(12-15)31-27-9-10-28-31)23(32)30-11-3-4-16(2)21(30)14-26-24-29-19-8-6-17(25)13-22(19)33-24/h5-10,12-13,16,21H,3-4,11,14H2,1-2H3,(H,26,29)/t16-,21-/m1/s1. The van der Waals surface area contributed by atoms with Gasteiger partial charge in [-0.1, -0.05) is 24.6 Å². The highest BCUT2D eigenvalue weighted by molar-refractivity contribution is 6.31. The van der Waals surface area contributed by atoms with Gasteiger partial charge in [0.15, 0.2) is 5.58 Å². The van der Waals surface area contributed by atoms with Crippen molar-refractivity contribution >= 4 is 34.6 Å². The minimum atomic E-state index is -0.0232. The molecule has 1 amide bonds. The minimum Gasteiger partial charge on any atom is -0.424 e. The summed E-state index contributed by atoms with van der Waals surface area (Å²) >= 11 is 6.05. The van der Waals surface area contributed by atoms with Crippen LogP contribution in [0.5, 0.6) is 0 Å². The van der Waals surface area contributed by atoms with Gasteiger partial charge in [-0.05, 0) is 55.5 Å². The van der Waals surface area contributed by atoms with E-state index < -0.39 is 0 Å². The van der Waals surface area contributed by atoms with Gasteiger partial charge in [-0.15, -0.1) is 0 Å². The number of anilines is 1. The molecule has 0 unspecified atom stereocenters. The van der Waals surface area contributed by atoms with E-state index in [0.717, 1.165) is 23.9 Å². The van der Waals surface area contributed by atoms with Crippen LogP contribution in [-0.2, 0) is 0 Å². The highest BCUT2D eigenvalue weighted by atomic mass is 35.5. The molecule has 0 saturated carbocycles. The summed E-state index contributed by atoms with van der Waals surface area (Å²) in [4.78, 5) is 21.7. The van der Waals surface area contributed by atoms with Gasteiger partial charge in [-0.3, -0.25) is 4.79 Å². The van der Waals surface area contributed by atoms with Crippen LogP contribution in [0.3, 0.4) is 0 Å². The van der Waals surface area contributed by atoms with E-state index in [1.807, 2.05) is 36.1 Å². The van der Waals surface area contributed by atoms with Crippen LogP contribution in [0.25, 0.3) is 16.8 Å². The zero-order valence-electron chi connectivity index (χ0n) is 18.5. The predicted molar refractivity (Wildman–Crippen MR) is 127 cm³/mol. The van der Waals surface area contributed by atoms with Gasteiger partial charge in [0.1, 0.15) is 5.52 Å². The number of carbonyl (C=O) groups is 1. The number of nitrogens with zero attached hydrogens (tertiary/aromatic N) is 5. The molecule has 2 aromatic carbocycles. The number of fused-ring (bicyclic) bond motifs is 1. The number of aromatic nitrogens is 4. The molecule has 5 rings (SSSR count). The van der Waals surface area contributed by atoms with E-state index >= 15 is 0 Å². The number of aryl methyl sites for hydroxylation is 1. The molecule has 1 fully saturated rings. The third-order valence-corrected chi connectivity index (χ3v) is 6.44. The normalized spacial score (nSPS) is 18.6. The van der Waals surface area contributed by atoms with Crippen LogP contribution in [0.4, 0.5) is 6.01 Å². The minimum absolute atomic E-state index is 0.00964. The Morgan fingerprint density at radius 1 is 1.21 bits per heavy atom. The van der Waals surface area contributed by atoms with E-state index in [4.69, 9.17) is 16.0 Å². The number of amides is 1. The summed E-state index contributed by atoms with van der Waals surface area (Å²) in [5, 5.41) is 12.4. The van der Waals surface area contributed by atoms with Gasteiger partial charge in [0.25, 0.3) is 11.9 Å². The van der Waals surface area contributed by atoms with Crippen molar-refractivity contribution < 1.29 is 9.21 Å². The molecule has 170 valence electrons. The topological polar surface area (TPSA) is 89.1 Å². The summed E-state index contributed by atoms with van der Waals surface area (Å²) < 4.78 is 5.81. The summed E-state index contributed by atoms with van der Waals surface area (Å²) in [5.41, 5.74) is 3.69. The van der Waals surface area contributed by atoms with Gasteiger partial charge in [-0.2, -0.15) is 20.0 Å².